The van der Waals surface area contributed by atoms with Crippen LogP contribution in [-0.2, 0) is 9.59 Å². The maximum absolute atomic E-state index is 11.9. The number of amides is 3. The zero-order valence-electron chi connectivity index (χ0n) is 12.0. The monoisotopic (exact) mass is 285 g/mol. The van der Waals surface area contributed by atoms with E-state index in [0.717, 1.165) is 19.4 Å². The van der Waals surface area contributed by atoms with Crippen molar-refractivity contribution in [1.29, 1.82) is 0 Å². The standard InChI is InChI=1S/C13H23N3O4/c1-9(12(19)15-13(20)14-2)16-7-3-4-10(8-16)5-6-11(17)18/h9-10H,3-8H2,1-2H3,(H,17,18)(H2,14,15,19,20). The van der Waals surface area contributed by atoms with Crippen LogP contribution in [0.25, 0.3) is 0 Å². The number of piperidine rings is 1. The molecule has 0 aliphatic carbocycles. The molecule has 114 valence electrons. The molecule has 0 radical (unpaired) electrons. The zero-order chi connectivity index (χ0) is 15.1. The van der Waals surface area contributed by atoms with Gasteiger partial charge in [0.2, 0.25) is 5.91 Å². The highest BCUT2D eigenvalue weighted by Gasteiger charge is 2.28. The van der Waals surface area contributed by atoms with Crippen LogP contribution in [0.4, 0.5) is 4.79 Å². The molecule has 0 bridgehead atoms. The molecule has 7 nitrogen and oxygen atoms in total. The number of likely N-dealkylation sites (tertiary alicyclic amines) is 1. The summed E-state index contributed by atoms with van der Waals surface area (Å²) in [5.74, 6) is -0.814. The highest BCUT2D eigenvalue weighted by molar-refractivity contribution is 5.96. The van der Waals surface area contributed by atoms with Crippen molar-refractivity contribution in [2.24, 2.45) is 5.92 Å². The molecule has 0 saturated carbocycles. The topological polar surface area (TPSA) is 98.7 Å². The van der Waals surface area contributed by atoms with E-state index in [9.17, 15) is 14.4 Å². The maximum atomic E-state index is 11.9. The number of carbonyl (C=O) groups is 3. The lowest BCUT2D eigenvalue weighted by atomic mass is 9.92. The Morgan fingerprint density at radius 2 is 2.10 bits per heavy atom. The fourth-order valence-corrected chi connectivity index (χ4v) is 2.46. The maximum Gasteiger partial charge on any atom is 0.321 e. The fraction of sp³-hybridized carbons (Fsp3) is 0.769. The lowest BCUT2D eigenvalue weighted by Gasteiger charge is -2.35. The molecule has 1 saturated heterocycles. The highest BCUT2D eigenvalue weighted by Crippen LogP contribution is 2.22. The van der Waals surface area contributed by atoms with E-state index in [1.54, 1.807) is 6.92 Å². The summed E-state index contributed by atoms with van der Waals surface area (Å²) >= 11 is 0. The number of carbonyl (C=O) groups excluding carboxylic acids is 2. The Hall–Kier alpha value is -1.63. The molecule has 1 aliphatic heterocycles. The third kappa shape index (κ3) is 5.16. The third-order valence-corrected chi connectivity index (χ3v) is 3.71. The predicted octanol–water partition coefficient (Wildman–Crippen LogP) is 0.407. The number of urea groups is 1. The number of rotatable bonds is 5. The lowest BCUT2D eigenvalue weighted by molar-refractivity contribution is -0.137. The summed E-state index contributed by atoms with van der Waals surface area (Å²) in [6.45, 7) is 3.26. The van der Waals surface area contributed by atoms with E-state index in [4.69, 9.17) is 5.11 Å². The van der Waals surface area contributed by atoms with Gasteiger partial charge in [0, 0.05) is 20.0 Å². The second-order valence-corrected chi connectivity index (χ2v) is 5.18. The molecule has 3 amide bonds. The van der Waals surface area contributed by atoms with Gasteiger partial charge >= 0.3 is 12.0 Å². The summed E-state index contributed by atoms with van der Waals surface area (Å²) in [4.78, 5) is 35.6. The number of hydrogen-bond donors (Lipinski definition) is 3. The molecule has 7 heteroatoms. The normalized spacial score (nSPS) is 21.0. The van der Waals surface area contributed by atoms with E-state index in [1.807, 2.05) is 4.90 Å². The summed E-state index contributed by atoms with van der Waals surface area (Å²) in [5.41, 5.74) is 0. The summed E-state index contributed by atoms with van der Waals surface area (Å²) in [5, 5.41) is 13.3. The van der Waals surface area contributed by atoms with E-state index in [-0.39, 0.29) is 18.4 Å². The minimum absolute atomic E-state index is 0.164. The number of nitrogens with zero attached hydrogens (tertiary/aromatic N) is 1. The first kappa shape index (κ1) is 16.4. The Kier molecular flexibility index (Phi) is 6.44. The van der Waals surface area contributed by atoms with Crippen LogP contribution < -0.4 is 10.6 Å². The highest BCUT2D eigenvalue weighted by atomic mass is 16.4. The molecule has 0 spiro atoms. The number of aliphatic carboxylic acids is 1. The van der Waals surface area contributed by atoms with Gasteiger partial charge in [0.05, 0.1) is 6.04 Å². The first-order chi connectivity index (χ1) is 9.43. The fourth-order valence-electron chi connectivity index (χ4n) is 2.46. The van der Waals surface area contributed by atoms with Crippen LogP contribution in [0.5, 0.6) is 0 Å². The van der Waals surface area contributed by atoms with Gasteiger partial charge in [-0.15, -0.1) is 0 Å². The van der Waals surface area contributed by atoms with Crippen LogP contribution >= 0.6 is 0 Å². The van der Waals surface area contributed by atoms with Gasteiger partial charge in [0.15, 0.2) is 0 Å². The van der Waals surface area contributed by atoms with E-state index >= 15 is 0 Å². The van der Waals surface area contributed by atoms with Gasteiger partial charge in [0.1, 0.15) is 0 Å². The Balaban J connectivity index is 2.46. The quantitative estimate of drug-likeness (QED) is 0.679. The third-order valence-electron chi connectivity index (χ3n) is 3.71. The number of carboxylic acids is 1. The molecule has 3 N–H and O–H groups in total. The van der Waals surface area contributed by atoms with Crippen molar-refractivity contribution >= 4 is 17.9 Å². The van der Waals surface area contributed by atoms with Crippen LogP contribution in [0, 0.1) is 5.92 Å². The zero-order valence-corrected chi connectivity index (χ0v) is 12.0. The average Bonchev–Trinajstić information content (AvgIpc) is 2.44. The number of imide groups is 1. The van der Waals surface area contributed by atoms with Gasteiger partial charge in [0.25, 0.3) is 0 Å². The molecule has 1 aliphatic rings. The largest absolute Gasteiger partial charge is 0.481 e. The Bertz CT molecular complexity index is 373. The summed E-state index contributed by atoms with van der Waals surface area (Å²) in [6.07, 6.45) is 2.74. The lowest BCUT2D eigenvalue weighted by Crippen LogP contribution is -2.51. The van der Waals surface area contributed by atoms with E-state index in [1.165, 1.54) is 7.05 Å². The molecule has 2 unspecified atom stereocenters. The average molecular weight is 285 g/mol. The molecule has 0 aromatic heterocycles. The van der Waals surface area contributed by atoms with E-state index < -0.39 is 12.0 Å². The van der Waals surface area contributed by atoms with Gasteiger partial charge in [-0.05, 0) is 38.6 Å². The molecule has 1 heterocycles. The number of nitrogens with one attached hydrogen (secondary N) is 2. The first-order valence-corrected chi connectivity index (χ1v) is 6.92. The summed E-state index contributed by atoms with van der Waals surface area (Å²) in [7, 11) is 1.45. The van der Waals surface area contributed by atoms with Crippen LogP contribution in [-0.4, -0.2) is 54.1 Å². The molecule has 0 aromatic rings. The van der Waals surface area contributed by atoms with E-state index in [0.29, 0.717) is 18.9 Å². The number of carboxylic acid groups (broad SMARTS) is 1. The molecule has 20 heavy (non-hydrogen) atoms. The Morgan fingerprint density at radius 3 is 2.70 bits per heavy atom. The van der Waals surface area contributed by atoms with Crippen LogP contribution in [0.2, 0.25) is 0 Å². The van der Waals surface area contributed by atoms with Crippen molar-refractivity contribution in [3.8, 4) is 0 Å². The smallest absolute Gasteiger partial charge is 0.321 e. The van der Waals surface area contributed by atoms with Crippen molar-refractivity contribution < 1.29 is 19.5 Å². The summed E-state index contributed by atoms with van der Waals surface area (Å²) in [6, 6.07) is -0.902. The molecular formula is C13H23N3O4. The van der Waals surface area contributed by atoms with E-state index in [2.05, 4.69) is 10.6 Å². The molecule has 1 rings (SSSR count). The first-order valence-electron chi connectivity index (χ1n) is 6.92. The summed E-state index contributed by atoms with van der Waals surface area (Å²) < 4.78 is 0. The molecule has 0 aromatic carbocycles. The number of hydrogen-bond acceptors (Lipinski definition) is 4. The van der Waals surface area contributed by atoms with Crippen molar-refractivity contribution in [1.82, 2.24) is 15.5 Å². The van der Waals surface area contributed by atoms with Gasteiger partial charge in [-0.3, -0.25) is 19.8 Å². The minimum Gasteiger partial charge on any atom is -0.481 e. The van der Waals surface area contributed by atoms with Gasteiger partial charge in [-0.1, -0.05) is 0 Å². The second-order valence-electron chi connectivity index (χ2n) is 5.18. The van der Waals surface area contributed by atoms with Crippen molar-refractivity contribution in [3.05, 3.63) is 0 Å². The molecule has 1 fully saturated rings. The SMILES string of the molecule is CNC(=O)NC(=O)C(C)N1CCCC(CCC(=O)O)C1. The van der Waals surface area contributed by atoms with Crippen LogP contribution in [0.3, 0.4) is 0 Å². The minimum atomic E-state index is -0.785. The van der Waals surface area contributed by atoms with Crippen LogP contribution in [0.1, 0.15) is 32.6 Å². The van der Waals surface area contributed by atoms with Gasteiger partial charge < -0.3 is 10.4 Å². The van der Waals surface area contributed by atoms with Crippen molar-refractivity contribution in [2.45, 2.75) is 38.6 Å². The Labute approximate surface area is 118 Å². The van der Waals surface area contributed by atoms with Crippen molar-refractivity contribution in [3.63, 3.8) is 0 Å². The Morgan fingerprint density at radius 1 is 1.40 bits per heavy atom. The predicted molar refractivity (Wildman–Crippen MR) is 73.2 cm³/mol. The van der Waals surface area contributed by atoms with Gasteiger partial charge in [-0.25, -0.2) is 4.79 Å². The molecule has 2 atom stereocenters. The second kappa shape index (κ2) is 7.84. The van der Waals surface area contributed by atoms with Crippen LogP contribution in [0.15, 0.2) is 0 Å². The van der Waals surface area contributed by atoms with Crippen molar-refractivity contribution in [2.75, 3.05) is 20.1 Å². The molecular weight excluding hydrogens is 262 g/mol. The van der Waals surface area contributed by atoms with Gasteiger partial charge in [-0.2, -0.15) is 0 Å².